The predicted molar refractivity (Wildman–Crippen MR) is 88.3 cm³/mol. The molecule has 0 aliphatic carbocycles. The molecule has 2 aromatic rings. The second-order valence-corrected chi connectivity index (χ2v) is 7.45. The van der Waals surface area contributed by atoms with Gasteiger partial charge in [0.15, 0.2) is 0 Å². The van der Waals surface area contributed by atoms with Gasteiger partial charge < -0.3 is 5.32 Å². The minimum atomic E-state index is 0.321. The van der Waals surface area contributed by atoms with Gasteiger partial charge in [-0.1, -0.05) is 30.7 Å². The third-order valence-electron chi connectivity index (χ3n) is 3.02. The van der Waals surface area contributed by atoms with Crippen LogP contribution in [0.1, 0.15) is 29.0 Å². The lowest BCUT2D eigenvalue weighted by molar-refractivity contribution is 0.558. The van der Waals surface area contributed by atoms with Crippen molar-refractivity contribution in [1.82, 2.24) is 5.32 Å². The van der Waals surface area contributed by atoms with Crippen molar-refractivity contribution in [3.63, 3.8) is 0 Å². The van der Waals surface area contributed by atoms with Gasteiger partial charge in [-0.05, 0) is 65.1 Å². The Morgan fingerprint density at radius 2 is 2.11 bits per heavy atom. The maximum absolute atomic E-state index is 6.33. The Labute approximate surface area is 132 Å². The summed E-state index contributed by atoms with van der Waals surface area (Å²) in [5.41, 5.74) is 2.40. The number of aryl methyl sites for hydroxylation is 1. The van der Waals surface area contributed by atoms with Crippen LogP contribution in [-0.4, -0.2) is 6.54 Å². The molecule has 19 heavy (non-hydrogen) atoms. The summed E-state index contributed by atoms with van der Waals surface area (Å²) in [4.78, 5) is 1.34. The zero-order chi connectivity index (χ0) is 13.8. The molecule has 0 amide bonds. The van der Waals surface area contributed by atoms with E-state index in [0.29, 0.717) is 6.04 Å². The third-order valence-corrected chi connectivity index (χ3v) is 5.11. The Morgan fingerprint density at radius 1 is 1.32 bits per heavy atom. The SMILES string of the molecule is CCNC(Cc1ccc(C)cc1Cl)c1ccc(Br)s1. The number of hydrogen-bond donors (Lipinski definition) is 1. The maximum atomic E-state index is 6.33. The van der Waals surface area contributed by atoms with Gasteiger partial charge in [-0.25, -0.2) is 0 Å². The van der Waals surface area contributed by atoms with Gasteiger partial charge >= 0.3 is 0 Å². The summed E-state index contributed by atoms with van der Waals surface area (Å²) < 4.78 is 1.17. The highest BCUT2D eigenvalue weighted by Gasteiger charge is 2.15. The fourth-order valence-electron chi connectivity index (χ4n) is 2.07. The van der Waals surface area contributed by atoms with Gasteiger partial charge in [0.2, 0.25) is 0 Å². The van der Waals surface area contributed by atoms with E-state index in [2.05, 4.69) is 59.4 Å². The van der Waals surface area contributed by atoms with E-state index in [-0.39, 0.29) is 0 Å². The van der Waals surface area contributed by atoms with Gasteiger partial charge in [-0.2, -0.15) is 0 Å². The van der Waals surface area contributed by atoms with Crippen molar-refractivity contribution in [2.45, 2.75) is 26.3 Å². The zero-order valence-corrected chi connectivity index (χ0v) is 14.2. The molecular weight excluding hydrogens is 342 g/mol. The van der Waals surface area contributed by atoms with E-state index in [9.17, 15) is 0 Å². The third kappa shape index (κ3) is 4.06. The van der Waals surface area contributed by atoms with Gasteiger partial charge in [0.1, 0.15) is 0 Å². The molecule has 1 N–H and O–H groups in total. The molecule has 2 rings (SSSR count). The molecule has 1 atom stereocenters. The first-order valence-corrected chi connectivity index (χ1v) is 8.32. The van der Waals surface area contributed by atoms with Crippen LogP contribution in [0.4, 0.5) is 0 Å². The Balaban J connectivity index is 2.21. The second-order valence-electron chi connectivity index (χ2n) is 4.55. The van der Waals surface area contributed by atoms with Crippen molar-refractivity contribution in [2.24, 2.45) is 0 Å². The van der Waals surface area contributed by atoms with E-state index in [0.717, 1.165) is 18.0 Å². The molecule has 0 aliphatic rings. The van der Waals surface area contributed by atoms with Crippen molar-refractivity contribution in [2.75, 3.05) is 6.54 Å². The Morgan fingerprint density at radius 3 is 2.68 bits per heavy atom. The molecule has 0 bridgehead atoms. The smallest absolute Gasteiger partial charge is 0.0701 e. The minimum Gasteiger partial charge on any atom is -0.309 e. The number of hydrogen-bond acceptors (Lipinski definition) is 2. The quantitative estimate of drug-likeness (QED) is 0.758. The molecule has 1 aromatic carbocycles. The molecule has 1 unspecified atom stereocenters. The molecule has 0 aliphatic heterocycles. The van der Waals surface area contributed by atoms with Crippen LogP contribution in [-0.2, 0) is 6.42 Å². The van der Waals surface area contributed by atoms with Crippen molar-refractivity contribution in [3.8, 4) is 0 Å². The highest BCUT2D eigenvalue weighted by molar-refractivity contribution is 9.11. The summed E-state index contributed by atoms with van der Waals surface area (Å²) in [6.07, 6.45) is 0.917. The lowest BCUT2D eigenvalue weighted by Gasteiger charge is -2.17. The van der Waals surface area contributed by atoms with E-state index >= 15 is 0 Å². The van der Waals surface area contributed by atoms with E-state index < -0.39 is 0 Å². The topological polar surface area (TPSA) is 12.0 Å². The van der Waals surface area contributed by atoms with Gasteiger partial charge in [-0.3, -0.25) is 0 Å². The Hall–Kier alpha value is -0.350. The van der Waals surface area contributed by atoms with Crippen LogP contribution in [0.15, 0.2) is 34.1 Å². The summed E-state index contributed by atoms with van der Waals surface area (Å²) >= 11 is 11.6. The first-order valence-electron chi connectivity index (χ1n) is 6.33. The summed E-state index contributed by atoms with van der Waals surface area (Å²) in [5.74, 6) is 0. The lowest BCUT2D eigenvalue weighted by atomic mass is 10.0. The predicted octanol–water partition coefficient (Wildman–Crippen LogP) is 5.37. The van der Waals surface area contributed by atoms with Gasteiger partial charge in [0, 0.05) is 15.9 Å². The monoisotopic (exact) mass is 357 g/mol. The van der Waals surface area contributed by atoms with Crippen molar-refractivity contribution >= 4 is 38.9 Å². The van der Waals surface area contributed by atoms with E-state index in [4.69, 9.17) is 11.6 Å². The summed E-state index contributed by atoms with van der Waals surface area (Å²) in [5, 5.41) is 4.39. The number of halogens is 2. The van der Waals surface area contributed by atoms with Gasteiger partial charge in [-0.15, -0.1) is 11.3 Å². The van der Waals surface area contributed by atoms with E-state index in [1.165, 1.54) is 19.8 Å². The van der Waals surface area contributed by atoms with Crippen LogP contribution in [0.2, 0.25) is 5.02 Å². The molecule has 0 radical (unpaired) electrons. The summed E-state index contributed by atoms with van der Waals surface area (Å²) in [7, 11) is 0. The fourth-order valence-corrected chi connectivity index (χ4v) is 3.88. The number of rotatable bonds is 5. The molecule has 4 heteroatoms. The second kappa shape index (κ2) is 6.89. The normalized spacial score (nSPS) is 12.6. The van der Waals surface area contributed by atoms with E-state index in [1.807, 2.05) is 6.07 Å². The largest absolute Gasteiger partial charge is 0.309 e. The number of thiophene rings is 1. The van der Waals surface area contributed by atoms with Crippen LogP contribution >= 0.6 is 38.9 Å². The first-order chi connectivity index (χ1) is 9.10. The van der Waals surface area contributed by atoms with Crippen molar-refractivity contribution in [3.05, 3.63) is 55.1 Å². The van der Waals surface area contributed by atoms with Crippen LogP contribution in [0.5, 0.6) is 0 Å². The van der Waals surface area contributed by atoms with Crippen LogP contribution in [0, 0.1) is 6.92 Å². The van der Waals surface area contributed by atoms with E-state index in [1.54, 1.807) is 11.3 Å². The average Bonchev–Trinajstić information content (AvgIpc) is 2.78. The van der Waals surface area contributed by atoms with Gasteiger partial charge in [0.25, 0.3) is 0 Å². The van der Waals surface area contributed by atoms with Crippen molar-refractivity contribution in [1.29, 1.82) is 0 Å². The molecule has 0 saturated heterocycles. The van der Waals surface area contributed by atoms with Crippen molar-refractivity contribution < 1.29 is 0 Å². The number of benzene rings is 1. The van der Waals surface area contributed by atoms with Gasteiger partial charge in [0.05, 0.1) is 3.79 Å². The average molecular weight is 359 g/mol. The first kappa shape index (κ1) is 15.0. The lowest BCUT2D eigenvalue weighted by Crippen LogP contribution is -2.22. The highest BCUT2D eigenvalue weighted by atomic mass is 79.9. The number of nitrogens with one attached hydrogen (secondary N) is 1. The zero-order valence-electron chi connectivity index (χ0n) is 11.0. The minimum absolute atomic E-state index is 0.321. The standard InChI is InChI=1S/C15H17BrClNS/c1-3-18-13(14-6-7-15(16)19-14)9-11-5-4-10(2)8-12(11)17/h4-8,13,18H,3,9H2,1-2H3. The van der Waals surface area contributed by atoms with Crippen LogP contribution in [0.25, 0.3) is 0 Å². The molecule has 1 aromatic heterocycles. The Kier molecular flexibility index (Phi) is 5.46. The molecule has 0 spiro atoms. The molecule has 1 heterocycles. The fraction of sp³-hybridized carbons (Fsp3) is 0.333. The van der Waals surface area contributed by atoms with Crippen LogP contribution < -0.4 is 5.32 Å². The molecule has 0 saturated carbocycles. The molecule has 102 valence electrons. The number of likely N-dealkylation sites (N-methyl/N-ethyl adjacent to an activating group) is 1. The maximum Gasteiger partial charge on any atom is 0.0701 e. The summed E-state index contributed by atoms with van der Waals surface area (Å²) in [6.45, 7) is 5.14. The molecule has 1 nitrogen and oxygen atoms in total. The highest BCUT2D eigenvalue weighted by Crippen LogP contribution is 2.31. The van der Waals surface area contributed by atoms with Crippen LogP contribution in [0.3, 0.4) is 0 Å². The Bertz CT molecular complexity index is 553. The molecule has 0 fully saturated rings. The summed E-state index contributed by atoms with van der Waals surface area (Å²) in [6, 6.07) is 10.9. The molecular formula is C15H17BrClNS.